The second-order valence-corrected chi connectivity index (χ2v) is 4.45. The van der Waals surface area contributed by atoms with Crippen LogP contribution >= 0.6 is 0 Å². The van der Waals surface area contributed by atoms with Gasteiger partial charge in [0.1, 0.15) is 11.2 Å². The van der Waals surface area contributed by atoms with Crippen molar-refractivity contribution in [1.82, 2.24) is 14.9 Å². The molecule has 0 spiro atoms. The molecule has 0 atom stereocenters. The molecule has 0 unspecified atom stereocenters. The number of nitrogens with one attached hydrogen (secondary N) is 1. The summed E-state index contributed by atoms with van der Waals surface area (Å²) in [5.41, 5.74) is 0.428. The second kappa shape index (κ2) is 5.65. The van der Waals surface area contributed by atoms with Gasteiger partial charge in [-0.25, -0.2) is 4.98 Å². The van der Waals surface area contributed by atoms with Crippen LogP contribution in [0.4, 0.5) is 0 Å². The van der Waals surface area contributed by atoms with Crippen LogP contribution in [0.3, 0.4) is 0 Å². The fourth-order valence-electron chi connectivity index (χ4n) is 1.93. The Hall–Kier alpha value is -2.17. The summed E-state index contributed by atoms with van der Waals surface area (Å²) in [6, 6.07) is 5.22. The zero-order valence-electron chi connectivity index (χ0n) is 11.1. The Morgan fingerprint density at radius 2 is 2.26 bits per heavy atom. The lowest BCUT2D eigenvalue weighted by Gasteiger charge is -2.08. The van der Waals surface area contributed by atoms with E-state index in [-0.39, 0.29) is 17.0 Å². The van der Waals surface area contributed by atoms with Crippen molar-refractivity contribution in [2.75, 3.05) is 6.54 Å². The van der Waals surface area contributed by atoms with E-state index in [1.165, 1.54) is 4.57 Å². The number of rotatable bonds is 4. The number of hydrogen-bond acceptors (Lipinski definition) is 3. The van der Waals surface area contributed by atoms with Crippen molar-refractivity contribution in [1.29, 1.82) is 0 Å². The van der Waals surface area contributed by atoms with Gasteiger partial charge >= 0.3 is 0 Å². The lowest BCUT2D eigenvalue weighted by molar-refractivity contribution is 0.0951. The molecule has 0 aliphatic heterocycles. The molecular weight excluding hydrogens is 242 g/mol. The highest BCUT2D eigenvalue weighted by molar-refractivity contribution is 5.96. The fraction of sp³-hybridized carbons (Fsp3) is 0.357. The number of carbonyl (C=O) groups excluding carboxylic acids is 1. The van der Waals surface area contributed by atoms with Gasteiger partial charge in [0.05, 0.1) is 0 Å². The molecule has 5 nitrogen and oxygen atoms in total. The molecule has 0 fully saturated rings. The van der Waals surface area contributed by atoms with Crippen molar-refractivity contribution >= 4 is 16.9 Å². The van der Waals surface area contributed by atoms with Crippen molar-refractivity contribution in [2.45, 2.75) is 19.8 Å². The standard InChI is InChI=1S/C14H17N3O2/c1-3-4-7-16-13(18)11-9-10-6-5-8-15-12(10)17(2)14(11)19/h5-6,8-9H,3-4,7H2,1-2H3,(H,16,18). The number of unbranched alkanes of at least 4 members (excludes halogenated alkanes) is 1. The van der Waals surface area contributed by atoms with Crippen LogP contribution in [-0.2, 0) is 7.05 Å². The Bertz CT molecular complexity index is 661. The lowest BCUT2D eigenvalue weighted by atomic mass is 10.2. The molecule has 0 bridgehead atoms. The van der Waals surface area contributed by atoms with Crippen molar-refractivity contribution in [3.05, 3.63) is 40.3 Å². The average molecular weight is 259 g/mol. The highest BCUT2D eigenvalue weighted by atomic mass is 16.2. The van der Waals surface area contributed by atoms with Crippen LogP contribution < -0.4 is 10.9 Å². The second-order valence-electron chi connectivity index (χ2n) is 4.45. The molecule has 19 heavy (non-hydrogen) atoms. The smallest absolute Gasteiger partial charge is 0.264 e. The number of hydrogen-bond donors (Lipinski definition) is 1. The average Bonchev–Trinajstić information content (AvgIpc) is 2.43. The third-order valence-electron chi connectivity index (χ3n) is 3.03. The van der Waals surface area contributed by atoms with Gasteiger partial charge < -0.3 is 5.32 Å². The highest BCUT2D eigenvalue weighted by Crippen LogP contribution is 2.09. The molecule has 0 radical (unpaired) electrons. The van der Waals surface area contributed by atoms with E-state index in [0.29, 0.717) is 12.2 Å². The Morgan fingerprint density at radius 1 is 1.47 bits per heavy atom. The van der Waals surface area contributed by atoms with Gasteiger partial charge in [-0.2, -0.15) is 0 Å². The maximum absolute atomic E-state index is 12.1. The minimum Gasteiger partial charge on any atom is -0.352 e. The third kappa shape index (κ3) is 2.65. The Labute approximate surface area is 111 Å². The minimum atomic E-state index is -0.320. The van der Waals surface area contributed by atoms with E-state index in [0.717, 1.165) is 18.2 Å². The number of fused-ring (bicyclic) bond motifs is 1. The van der Waals surface area contributed by atoms with E-state index in [1.807, 2.05) is 13.0 Å². The molecule has 5 heteroatoms. The Morgan fingerprint density at radius 3 is 3.00 bits per heavy atom. The summed E-state index contributed by atoms with van der Waals surface area (Å²) < 4.78 is 1.41. The van der Waals surface area contributed by atoms with Crippen LogP contribution in [-0.4, -0.2) is 22.0 Å². The highest BCUT2D eigenvalue weighted by Gasteiger charge is 2.13. The maximum atomic E-state index is 12.1. The van der Waals surface area contributed by atoms with E-state index in [1.54, 1.807) is 25.4 Å². The van der Waals surface area contributed by atoms with Crippen molar-refractivity contribution in [3.63, 3.8) is 0 Å². The zero-order valence-corrected chi connectivity index (χ0v) is 11.1. The molecule has 2 rings (SSSR count). The lowest BCUT2D eigenvalue weighted by Crippen LogP contribution is -2.33. The number of pyridine rings is 2. The largest absolute Gasteiger partial charge is 0.352 e. The van der Waals surface area contributed by atoms with Gasteiger partial charge in [-0.05, 0) is 24.6 Å². The van der Waals surface area contributed by atoms with Crippen LogP contribution in [0.25, 0.3) is 11.0 Å². The number of nitrogens with zero attached hydrogens (tertiary/aromatic N) is 2. The van der Waals surface area contributed by atoms with Crippen LogP contribution in [0, 0.1) is 0 Å². The molecule has 0 saturated carbocycles. The number of aromatic nitrogens is 2. The van der Waals surface area contributed by atoms with Crippen LogP contribution in [0.2, 0.25) is 0 Å². The van der Waals surface area contributed by atoms with Crippen LogP contribution in [0.15, 0.2) is 29.2 Å². The summed E-state index contributed by atoms with van der Waals surface area (Å²) in [7, 11) is 1.63. The van der Waals surface area contributed by atoms with Crippen molar-refractivity contribution < 1.29 is 4.79 Å². The first-order chi connectivity index (χ1) is 9.15. The molecule has 0 aromatic carbocycles. The summed E-state index contributed by atoms with van der Waals surface area (Å²) in [4.78, 5) is 28.3. The van der Waals surface area contributed by atoms with Gasteiger partial charge in [-0.1, -0.05) is 13.3 Å². The first-order valence-corrected chi connectivity index (χ1v) is 6.38. The van der Waals surface area contributed by atoms with Gasteiger partial charge in [0.2, 0.25) is 0 Å². The Balaban J connectivity index is 2.41. The summed E-state index contributed by atoms with van der Waals surface area (Å²) in [5, 5.41) is 3.54. The molecule has 0 aliphatic carbocycles. The van der Waals surface area contributed by atoms with E-state index in [2.05, 4.69) is 10.3 Å². The quantitative estimate of drug-likeness (QED) is 0.845. The molecule has 2 heterocycles. The first kappa shape index (κ1) is 13.3. The molecular formula is C14H17N3O2. The van der Waals surface area contributed by atoms with Gasteiger partial charge in [-0.3, -0.25) is 14.2 Å². The molecule has 2 aromatic rings. The van der Waals surface area contributed by atoms with Gasteiger partial charge in [0.25, 0.3) is 11.5 Å². The van der Waals surface area contributed by atoms with Crippen LogP contribution in [0.1, 0.15) is 30.1 Å². The molecule has 0 saturated heterocycles. The van der Waals surface area contributed by atoms with Crippen molar-refractivity contribution in [2.24, 2.45) is 7.05 Å². The Kier molecular flexibility index (Phi) is 3.94. The third-order valence-corrected chi connectivity index (χ3v) is 3.03. The molecule has 0 aliphatic rings. The van der Waals surface area contributed by atoms with E-state index in [9.17, 15) is 9.59 Å². The summed E-state index contributed by atoms with van der Waals surface area (Å²) >= 11 is 0. The number of amides is 1. The van der Waals surface area contributed by atoms with Gasteiger partial charge in [0, 0.05) is 25.2 Å². The topological polar surface area (TPSA) is 64.0 Å². The normalized spacial score (nSPS) is 10.6. The van der Waals surface area contributed by atoms with E-state index < -0.39 is 0 Å². The number of carbonyl (C=O) groups is 1. The van der Waals surface area contributed by atoms with E-state index >= 15 is 0 Å². The summed E-state index contributed by atoms with van der Waals surface area (Å²) in [6.07, 6.45) is 3.53. The monoisotopic (exact) mass is 259 g/mol. The zero-order chi connectivity index (χ0) is 13.8. The van der Waals surface area contributed by atoms with E-state index in [4.69, 9.17) is 0 Å². The maximum Gasteiger partial charge on any atom is 0.264 e. The SMILES string of the molecule is CCCCNC(=O)c1cc2cccnc2n(C)c1=O. The molecule has 1 amide bonds. The van der Waals surface area contributed by atoms with Gasteiger partial charge in [0.15, 0.2) is 0 Å². The minimum absolute atomic E-state index is 0.166. The van der Waals surface area contributed by atoms with Crippen molar-refractivity contribution in [3.8, 4) is 0 Å². The predicted molar refractivity (Wildman–Crippen MR) is 74.2 cm³/mol. The first-order valence-electron chi connectivity index (χ1n) is 6.38. The van der Waals surface area contributed by atoms with Gasteiger partial charge in [-0.15, -0.1) is 0 Å². The molecule has 2 aromatic heterocycles. The molecule has 1 N–H and O–H groups in total. The summed E-state index contributed by atoms with van der Waals surface area (Å²) in [6.45, 7) is 2.64. The summed E-state index contributed by atoms with van der Waals surface area (Å²) in [5.74, 6) is -0.320. The predicted octanol–water partition coefficient (Wildman–Crippen LogP) is 1.46. The number of aryl methyl sites for hydroxylation is 1. The fourth-order valence-corrected chi connectivity index (χ4v) is 1.93. The van der Waals surface area contributed by atoms with Crippen LogP contribution in [0.5, 0.6) is 0 Å². The molecule has 100 valence electrons.